The molecule has 2 heterocycles. The minimum absolute atomic E-state index is 0.0468. The summed E-state index contributed by atoms with van der Waals surface area (Å²) >= 11 is 0. The first-order valence-electron chi connectivity index (χ1n) is 8.28. The third-order valence-electron chi connectivity index (χ3n) is 4.10. The summed E-state index contributed by atoms with van der Waals surface area (Å²) in [4.78, 5) is 18.7. The number of fused-ring (bicyclic) bond motifs is 1. The Labute approximate surface area is 142 Å². The third-order valence-corrected chi connectivity index (χ3v) is 4.10. The largest absolute Gasteiger partial charge is 0.346 e. The topological polar surface area (TPSA) is 38.1 Å². The zero-order valence-electron chi connectivity index (χ0n) is 14.4. The maximum atomic E-state index is 13.0. The van der Waals surface area contributed by atoms with Gasteiger partial charge in [0.2, 0.25) is 0 Å². The maximum absolute atomic E-state index is 13.0. The highest BCUT2D eigenvalue weighted by Crippen LogP contribution is 2.24. The van der Waals surface area contributed by atoms with E-state index in [1.807, 2.05) is 43.6 Å². The van der Waals surface area contributed by atoms with Crippen molar-refractivity contribution in [1.82, 2.24) is 14.5 Å². The smallest absolute Gasteiger partial charge is 0.256 e. The standard InChI is InChI=1S/C20H23N3O/c1-15(2)12-23-14-18(17-6-4-5-7-19(17)23)20(24)22(3)13-16-8-10-21-11-9-16/h4-11,14-15H,12-13H2,1-3H3. The SMILES string of the molecule is CC(C)Cn1cc(C(=O)N(C)Cc2ccncc2)c2ccccc21. The third kappa shape index (κ3) is 3.32. The normalized spacial score (nSPS) is 11.2. The van der Waals surface area contributed by atoms with Crippen molar-refractivity contribution in [3.63, 3.8) is 0 Å². The van der Waals surface area contributed by atoms with Gasteiger partial charge < -0.3 is 9.47 Å². The highest BCUT2D eigenvalue weighted by atomic mass is 16.2. The van der Waals surface area contributed by atoms with Crippen LogP contribution in [-0.4, -0.2) is 27.4 Å². The molecule has 0 aliphatic carbocycles. The Morgan fingerprint density at radius 2 is 1.88 bits per heavy atom. The minimum atomic E-state index is 0.0468. The van der Waals surface area contributed by atoms with Gasteiger partial charge >= 0.3 is 0 Å². The second-order valence-electron chi connectivity index (χ2n) is 6.62. The van der Waals surface area contributed by atoms with Crippen LogP contribution in [0.1, 0.15) is 29.8 Å². The van der Waals surface area contributed by atoms with Gasteiger partial charge in [0.05, 0.1) is 5.56 Å². The minimum Gasteiger partial charge on any atom is -0.346 e. The number of hydrogen-bond donors (Lipinski definition) is 0. The molecule has 24 heavy (non-hydrogen) atoms. The van der Waals surface area contributed by atoms with E-state index < -0.39 is 0 Å². The first kappa shape index (κ1) is 16.2. The molecule has 0 aliphatic heterocycles. The molecule has 1 amide bonds. The van der Waals surface area contributed by atoms with E-state index in [9.17, 15) is 4.79 Å². The first-order chi connectivity index (χ1) is 11.6. The van der Waals surface area contributed by atoms with Crippen LogP contribution in [0.2, 0.25) is 0 Å². The van der Waals surface area contributed by atoms with Crippen LogP contribution in [0.3, 0.4) is 0 Å². The van der Waals surface area contributed by atoms with E-state index in [4.69, 9.17) is 0 Å². The summed E-state index contributed by atoms with van der Waals surface area (Å²) in [7, 11) is 1.84. The molecule has 0 radical (unpaired) electrons. The van der Waals surface area contributed by atoms with Crippen molar-refractivity contribution < 1.29 is 4.79 Å². The van der Waals surface area contributed by atoms with Gasteiger partial charge in [-0.3, -0.25) is 9.78 Å². The first-order valence-corrected chi connectivity index (χ1v) is 8.28. The predicted octanol–water partition coefficient (Wildman–Crippen LogP) is 3.96. The van der Waals surface area contributed by atoms with Crippen LogP contribution in [0.15, 0.2) is 55.0 Å². The molecule has 4 heteroatoms. The summed E-state index contributed by atoms with van der Waals surface area (Å²) in [5.74, 6) is 0.573. The lowest BCUT2D eigenvalue weighted by molar-refractivity contribution is 0.0786. The van der Waals surface area contributed by atoms with E-state index in [0.29, 0.717) is 12.5 Å². The van der Waals surface area contributed by atoms with Crippen LogP contribution >= 0.6 is 0 Å². The van der Waals surface area contributed by atoms with Crippen molar-refractivity contribution >= 4 is 16.8 Å². The average molecular weight is 321 g/mol. The van der Waals surface area contributed by atoms with E-state index in [0.717, 1.165) is 28.6 Å². The molecule has 0 saturated carbocycles. The number of benzene rings is 1. The summed E-state index contributed by atoms with van der Waals surface area (Å²) in [6.45, 7) is 5.85. The van der Waals surface area contributed by atoms with Gasteiger partial charge in [-0.1, -0.05) is 32.0 Å². The van der Waals surface area contributed by atoms with Crippen molar-refractivity contribution in [3.8, 4) is 0 Å². The molecule has 2 aromatic heterocycles. The Morgan fingerprint density at radius 3 is 2.58 bits per heavy atom. The molecular formula is C20H23N3O. The summed E-state index contributed by atoms with van der Waals surface area (Å²) in [5, 5.41) is 1.02. The lowest BCUT2D eigenvalue weighted by atomic mass is 10.1. The zero-order chi connectivity index (χ0) is 17.1. The summed E-state index contributed by atoms with van der Waals surface area (Å²) in [5.41, 5.74) is 2.96. The number of nitrogens with zero attached hydrogens (tertiary/aromatic N) is 3. The van der Waals surface area contributed by atoms with E-state index in [1.54, 1.807) is 17.3 Å². The molecular weight excluding hydrogens is 298 g/mol. The molecule has 0 fully saturated rings. The van der Waals surface area contributed by atoms with Crippen LogP contribution in [-0.2, 0) is 13.1 Å². The van der Waals surface area contributed by atoms with Gasteiger partial charge in [0, 0.05) is 49.6 Å². The van der Waals surface area contributed by atoms with E-state index >= 15 is 0 Å². The fraction of sp³-hybridized carbons (Fsp3) is 0.300. The van der Waals surface area contributed by atoms with E-state index in [-0.39, 0.29) is 5.91 Å². The van der Waals surface area contributed by atoms with Crippen LogP contribution in [0, 0.1) is 5.92 Å². The molecule has 124 valence electrons. The molecule has 0 spiro atoms. The van der Waals surface area contributed by atoms with Gasteiger partial charge in [0.1, 0.15) is 0 Å². The molecule has 0 aliphatic rings. The van der Waals surface area contributed by atoms with Crippen molar-refractivity contribution in [1.29, 1.82) is 0 Å². The molecule has 0 saturated heterocycles. The fourth-order valence-corrected chi connectivity index (χ4v) is 3.00. The predicted molar refractivity (Wildman–Crippen MR) is 96.8 cm³/mol. The lowest BCUT2D eigenvalue weighted by Gasteiger charge is -2.16. The molecule has 0 bridgehead atoms. The molecule has 3 rings (SSSR count). The molecule has 1 aromatic carbocycles. The van der Waals surface area contributed by atoms with Gasteiger partial charge in [0.25, 0.3) is 5.91 Å². The number of pyridine rings is 1. The number of aromatic nitrogens is 2. The van der Waals surface area contributed by atoms with Crippen LogP contribution in [0.25, 0.3) is 10.9 Å². The number of carbonyl (C=O) groups is 1. The number of hydrogen-bond acceptors (Lipinski definition) is 2. The summed E-state index contributed by atoms with van der Waals surface area (Å²) in [6.07, 6.45) is 5.50. The van der Waals surface area contributed by atoms with Crippen LogP contribution < -0.4 is 0 Å². The van der Waals surface area contributed by atoms with E-state index in [2.05, 4.69) is 29.5 Å². The van der Waals surface area contributed by atoms with Gasteiger partial charge in [-0.05, 0) is 29.7 Å². The number of amides is 1. The highest BCUT2D eigenvalue weighted by Gasteiger charge is 2.18. The lowest BCUT2D eigenvalue weighted by Crippen LogP contribution is -2.26. The van der Waals surface area contributed by atoms with E-state index in [1.165, 1.54) is 0 Å². The molecule has 0 unspecified atom stereocenters. The summed E-state index contributed by atoms with van der Waals surface area (Å²) in [6, 6.07) is 12.0. The number of para-hydroxylation sites is 1. The van der Waals surface area contributed by atoms with Crippen molar-refractivity contribution in [2.75, 3.05) is 7.05 Å². The van der Waals surface area contributed by atoms with Gasteiger partial charge in [-0.15, -0.1) is 0 Å². The van der Waals surface area contributed by atoms with Gasteiger partial charge in [0.15, 0.2) is 0 Å². The molecule has 3 aromatic rings. The Bertz CT molecular complexity index is 836. The number of rotatable bonds is 5. The Kier molecular flexibility index (Phi) is 4.65. The Balaban J connectivity index is 1.92. The van der Waals surface area contributed by atoms with Crippen molar-refractivity contribution in [2.45, 2.75) is 26.9 Å². The van der Waals surface area contributed by atoms with Gasteiger partial charge in [-0.25, -0.2) is 0 Å². The maximum Gasteiger partial charge on any atom is 0.256 e. The monoisotopic (exact) mass is 321 g/mol. The quantitative estimate of drug-likeness (QED) is 0.713. The average Bonchev–Trinajstić information content (AvgIpc) is 2.93. The number of carbonyl (C=O) groups excluding carboxylic acids is 1. The Morgan fingerprint density at radius 1 is 1.17 bits per heavy atom. The molecule has 4 nitrogen and oxygen atoms in total. The summed E-state index contributed by atoms with van der Waals surface area (Å²) < 4.78 is 2.19. The van der Waals surface area contributed by atoms with Crippen LogP contribution in [0.4, 0.5) is 0 Å². The second kappa shape index (κ2) is 6.87. The van der Waals surface area contributed by atoms with Crippen molar-refractivity contribution in [3.05, 3.63) is 66.1 Å². The fourth-order valence-electron chi connectivity index (χ4n) is 3.00. The zero-order valence-corrected chi connectivity index (χ0v) is 14.4. The Hall–Kier alpha value is -2.62. The van der Waals surface area contributed by atoms with Gasteiger partial charge in [-0.2, -0.15) is 0 Å². The second-order valence-corrected chi connectivity index (χ2v) is 6.62. The van der Waals surface area contributed by atoms with Crippen molar-refractivity contribution in [2.24, 2.45) is 5.92 Å². The highest BCUT2D eigenvalue weighted by molar-refractivity contribution is 6.06. The molecule has 0 N–H and O–H groups in total. The van der Waals surface area contributed by atoms with Crippen LogP contribution in [0.5, 0.6) is 0 Å². The molecule has 0 atom stereocenters.